The van der Waals surface area contributed by atoms with Gasteiger partial charge in [-0.05, 0) is 13.0 Å². The maximum Gasteiger partial charge on any atom is 0.220 e. The Bertz CT molecular complexity index is 281. The van der Waals surface area contributed by atoms with E-state index in [4.69, 9.17) is 4.42 Å². The van der Waals surface area contributed by atoms with Crippen LogP contribution < -0.4 is 5.32 Å². The third kappa shape index (κ3) is 2.33. The highest BCUT2D eigenvalue weighted by Crippen LogP contribution is 2.22. The minimum absolute atomic E-state index is 0. The summed E-state index contributed by atoms with van der Waals surface area (Å²) in [4.78, 5) is 0. The normalized spacial score (nSPS) is 21.2. The van der Waals surface area contributed by atoms with Gasteiger partial charge in [-0.1, -0.05) is 13.8 Å². The van der Waals surface area contributed by atoms with Crippen LogP contribution in [0.1, 0.15) is 43.9 Å². The van der Waals surface area contributed by atoms with E-state index in [2.05, 4.69) is 29.4 Å². The molecule has 1 fully saturated rings. The average molecular weight is 262 g/mol. The van der Waals surface area contributed by atoms with Crippen LogP contribution in [0.25, 0.3) is 0 Å². The number of nitrogens with zero attached hydrogens (tertiary/aromatic N) is 2. The first-order valence-corrected chi connectivity index (χ1v) is 4.81. The molecule has 2 rings (SSSR count). The second-order valence-electron chi connectivity index (χ2n) is 3.82. The van der Waals surface area contributed by atoms with Gasteiger partial charge >= 0.3 is 0 Å². The fraction of sp³-hybridized carbons (Fsp3) is 0.778. The van der Waals surface area contributed by atoms with Crippen LogP contribution in [0.15, 0.2) is 4.42 Å². The van der Waals surface area contributed by atoms with Gasteiger partial charge in [-0.15, -0.1) is 27.2 Å². The lowest BCUT2D eigenvalue weighted by atomic mass is 10.1. The Kier molecular flexibility index (Phi) is 4.07. The highest BCUT2D eigenvalue weighted by Gasteiger charge is 2.22. The van der Waals surface area contributed by atoms with Gasteiger partial charge < -0.3 is 9.73 Å². The average Bonchev–Trinajstić information content (AvgIpc) is 2.75. The molecule has 1 aliphatic rings. The molecule has 4 nitrogen and oxygen atoms in total. The van der Waals surface area contributed by atoms with Crippen molar-refractivity contribution in [3.05, 3.63) is 11.8 Å². The first kappa shape index (κ1) is 11.7. The predicted octanol–water partition coefficient (Wildman–Crippen LogP) is 1.85. The fourth-order valence-electron chi connectivity index (χ4n) is 1.51. The summed E-state index contributed by atoms with van der Waals surface area (Å²) in [6, 6.07) is 0. The van der Waals surface area contributed by atoms with E-state index in [1.54, 1.807) is 0 Å². The monoisotopic (exact) mass is 261 g/mol. The van der Waals surface area contributed by atoms with Crippen LogP contribution in [0, 0.1) is 0 Å². The summed E-state index contributed by atoms with van der Waals surface area (Å²) in [5.41, 5.74) is 0. The molecule has 14 heavy (non-hydrogen) atoms. The zero-order valence-corrected chi connectivity index (χ0v) is 10.2. The molecule has 1 atom stereocenters. The molecule has 0 radical (unpaired) electrons. The Morgan fingerprint density at radius 3 is 2.71 bits per heavy atom. The SMILES string of the molecule is Br.CC(C)c1nnc(C2CCNC2)o1. The summed E-state index contributed by atoms with van der Waals surface area (Å²) in [7, 11) is 0. The summed E-state index contributed by atoms with van der Waals surface area (Å²) in [6.07, 6.45) is 1.11. The standard InChI is InChI=1S/C9H15N3O.BrH/c1-6(2)8-11-12-9(13-8)7-3-4-10-5-7;/h6-7,10H,3-5H2,1-2H3;1H. The van der Waals surface area contributed by atoms with Gasteiger partial charge in [-0.2, -0.15) is 0 Å². The van der Waals surface area contributed by atoms with Gasteiger partial charge in [0.1, 0.15) is 0 Å². The first-order chi connectivity index (χ1) is 6.27. The van der Waals surface area contributed by atoms with Crippen LogP contribution in [0.5, 0.6) is 0 Å². The summed E-state index contributed by atoms with van der Waals surface area (Å²) in [5.74, 6) is 2.31. The lowest BCUT2D eigenvalue weighted by molar-refractivity contribution is 0.409. The van der Waals surface area contributed by atoms with Gasteiger partial charge in [0.25, 0.3) is 0 Å². The van der Waals surface area contributed by atoms with Crippen LogP contribution in [0.4, 0.5) is 0 Å². The molecule has 0 aromatic carbocycles. The lowest BCUT2D eigenvalue weighted by Gasteiger charge is -2.00. The zero-order valence-electron chi connectivity index (χ0n) is 8.49. The Labute approximate surface area is 94.2 Å². The molecule has 1 aromatic heterocycles. The number of hydrogen-bond acceptors (Lipinski definition) is 4. The molecule has 0 bridgehead atoms. The summed E-state index contributed by atoms with van der Waals surface area (Å²) < 4.78 is 5.57. The van der Waals surface area contributed by atoms with Crippen molar-refractivity contribution >= 4 is 17.0 Å². The molecule has 80 valence electrons. The van der Waals surface area contributed by atoms with Gasteiger partial charge in [0, 0.05) is 12.5 Å². The molecule has 0 saturated carbocycles. The molecule has 1 aliphatic heterocycles. The minimum atomic E-state index is 0. The maximum atomic E-state index is 5.57. The third-order valence-electron chi connectivity index (χ3n) is 2.36. The topological polar surface area (TPSA) is 51.0 Å². The number of hydrogen-bond donors (Lipinski definition) is 1. The number of halogens is 1. The third-order valence-corrected chi connectivity index (χ3v) is 2.36. The van der Waals surface area contributed by atoms with Gasteiger partial charge in [0.15, 0.2) is 0 Å². The largest absolute Gasteiger partial charge is 0.425 e. The maximum absolute atomic E-state index is 5.57. The molecule has 1 aromatic rings. The highest BCUT2D eigenvalue weighted by atomic mass is 79.9. The molecule has 5 heteroatoms. The number of aromatic nitrogens is 2. The first-order valence-electron chi connectivity index (χ1n) is 4.81. The van der Waals surface area contributed by atoms with E-state index in [0.29, 0.717) is 11.8 Å². The van der Waals surface area contributed by atoms with E-state index in [1.807, 2.05) is 0 Å². The molecular formula is C9H16BrN3O. The lowest BCUT2D eigenvalue weighted by Crippen LogP contribution is -2.08. The van der Waals surface area contributed by atoms with Crippen molar-refractivity contribution in [2.45, 2.75) is 32.1 Å². The van der Waals surface area contributed by atoms with Crippen molar-refractivity contribution in [3.8, 4) is 0 Å². The molecule has 0 amide bonds. The van der Waals surface area contributed by atoms with Crippen molar-refractivity contribution in [1.29, 1.82) is 0 Å². The Morgan fingerprint density at radius 1 is 1.43 bits per heavy atom. The van der Waals surface area contributed by atoms with Gasteiger partial charge in [0.2, 0.25) is 11.8 Å². The number of nitrogens with one attached hydrogen (secondary N) is 1. The van der Waals surface area contributed by atoms with E-state index >= 15 is 0 Å². The Hall–Kier alpha value is -0.420. The van der Waals surface area contributed by atoms with E-state index < -0.39 is 0 Å². The summed E-state index contributed by atoms with van der Waals surface area (Å²) >= 11 is 0. The Morgan fingerprint density at radius 2 is 2.21 bits per heavy atom. The summed E-state index contributed by atoms with van der Waals surface area (Å²) in [6.45, 7) is 6.15. The van der Waals surface area contributed by atoms with E-state index in [1.165, 1.54) is 0 Å². The minimum Gasteiger partial charge on any atom is -0.425 e. The number of rotatable bonds is 2. The second-order valence-corrected chi connectivity index (χ2v) is 3.82. The Balaban J connectivity index is 0.000000980. The highest BCUT2D eigenvalue weighted by molar-refractivity contribution is 8.93. The van der Waals surface area contributed by atoms with Crippen LogP contribution in [0.3, 0.4) is 0 Å². The molecule has 1 N–H and O–H groups in total. The molecule has 1 unspecified atom stereocenters. The van der Waals surface area contributed by atoms with Crippen molar-refractivity contribution in [1.82, 2.24) is 15.5 Å². The van der Waals surface area contributed by atoms with Crippen LogP contribution >= 0.6 is 17.0 Å². The summed E-state index contributed by atoms with van der Waals surface area (Å²) in [5, 5.41) is 11.4. The van der Waals surface area contributed by atoms with Crippen molar-refractivity contribution in [2.75, 3.05) is 13.1 Å². The predicted molar refractivity (Wildman–Crippen MR) is 58.9 cm³/mol. The molecule has 2 heterocycles. The molecular weight excluding hydrogens is 246 g/mol. The molecule has 0 spiro atoms. The smallest absolute Gasteiger partial charge is 0.220 e. The van der Waals surface area contributed by atoms with E-state index in [0.717, 1.165) is 31.3 Å². The quantitative estimate of drug-likeness (QED) is 0.883. The van der Waals surface area contributed by atoms with Gasteiger partial charge in [-0.3, -0.25) is 0 Å². The van der Waals surface area contributed by atoms with Crippen molar-refractivity contribution in [3.63, 3.8) is 0 Å². The zero-order chi connectivity index (χ0) is 9.26. The van der Waals surface area contributed by atoms with E-state index in [9.17, 15) is 0 Å². The van der Waals surface area contributed by atoms with Gasteiger partial charge in [-0.25, -0.2) is 0 Å². The van der Waals surface area contributed by atoms with Crippen molar-refractivity contribution < 1.29 is 4.42 Å². The van der Waals surface area contributed by atoms with Crippen LogP contribution in [-0.2, 0) is 0 Å². The molecule has 0 aliphatic carbocycles. The van der Waals surface area contributed by atoms with Crippen LogP contribution in [-0.4, -0.2) is 23.3 Å². The second kappa shape index (κ2) is 4.89. The van der Waals surface area contributed by atoms with E-state index in [-0.39, 0.29) is 17.0 Å². The van der Waals surface area contributed by atoms with Gasteiger partial charge in [0.05, 0.1) is 5.92 Å². The molecule has 1 saturated heterocycles. The fourth-order valence-corrected chi connectivity index (χ4v) is 1.51. The van der Waals surface area contributed by atoms with Crippen molar-refractivity contribution in [2.24, 2.45) is 0 Å². The van der Waals surface area contributed by atoms with Crippen LogP contribution in [0.2, 0.25) is 0 Å².